The van der Waals surface area contributed by atoms with Crippen molar-refractivity contribution in [1.82, 2.24) is 14.5 Å². The molecule has 0 amide bonds. The van der Waals surface area contributed by atoms with Gasteiger partial charge in [0, 0.05) is 24.5 Å². The Hall–Kier alpha value is -1.76. The highest BCUT2D eigenvalue weighted by atomic mass is 32.1. The molecule has 0 spiro atoms. The van der Waals surface area contributed by atoms with E-state index in [9.17, 15) is 4.79 Å². The van der Waals surface area contributed by atoms with Gasteiger partial charge >= 0.3 is 0 Å². The highest BCUT2D eigenvalue weighted by Crippen LogP contribution is 2.32. The van der Waals surface area contributed by atoms with E-state index in [2.05, 4.69) is 28.9 Å². The van der Waals surface area contributed by atoms with Gasteiger partial charge in [-0.1, -0.05) is 37.3 Å². The number of fused-ring (bicyclic) bond motifs is 3. The van der Waals surface area contributed by atoms with Gasteiger partial charge in [0.05, 0.1) is 5.39 Å². The number of nitrogens with one attached hydrogen (secondary N) is 1. The van der Waals surface area contributed by atoms with Crippen LogP contribution in [0.4, 0.5) is 0 Å². The van der Waals surface area contributed by atoms with Gasteiger partial charge in [0.25, 0.3) is 5.56 Å². The molecule has 2 aromatic heterocycles. The molecule has 1 aromatic carbocycles. The average Bonchev–Trinajstić information content (AvgIpc) is 3.00. The second-order valence-corrected chi connectivity index (χ2v) is 8.35. The minimum atomic E-state index is 0.0705. The first-order chi connectivity index (χ1) is 12.7. The minimum absolute atomic E-state index is 0.0705. The molecule has 0 saturated carbocycles. The molecule has 0 aliphatic carbocycles. The number of aromatic amines is 1. The van der Waals surface area contributed by atoms with E-state index in [0.29, 0.717) is 11.3 Å². The molecule has 0 radical (unpaired) electrons. The van der Waals surface area contributed by atoms with Gasteiger partial charge in [0.15, 0.2) is 4.77 Å². The first kappa shape index (κ1) is 17.6. The van der Waals surface area contributed by atoms with E-state index in [4.69, 9.17) is 12.2 Å². The highest BCUT2D eigenvalue weighted by molar-refractivity contribution is 7.71. The van der Waals surface area contributed by atoms with Crippen LogP contribution in [0.1, 0.15) is 29.3 Å². The molecule has 4 nitrogen and oxygen atoms in total. The molecule has 1 N–H and O–H groups in total. The molecule has 0 unspecified atom stereocenters. The van der Waals surface area contributed by atoms with Crippen molar-refractivity contribution in [1.29, 1.82) is 0 Å². The van der Waals surface area contributed by atoms with Crippen molar-refractivity contribution in [2.24, 2.45) is 0 Å². The number of aryl methyl sites for hydroxylation is 1. The Morgan fingerprint density at radius 1 is 1.23 bits per heavy atom. The molecule has 1 aliphatic heterocycles. The number of hydrogen-bond donors (Lipinski definition) is 1. The van der Waals surface area contributed by atoms with Gasteiger partial charge < -0.3 is 4.98 Å². The van der Waals surface area contributed by atoms with Crippen LogP contribution in [0.5, 0.6) is 0 Å². The summed E-state index contributed by atoms with van der Waals surface area (Å²) in [5.41, 5.74) is 2.53. The van der Waals surface area contributed by atoms with Gasteiger partial charge in [0.2, 0.25) is 0 Å². The first-order valence-electron chi connectivity index (χ1n) is 9.21. The monoisotopic (exact) mass is 385 g/mol. The van der Waals surface area contributed by atoms with Crippen LogP contribution in [0.15, 0.2) is 35.1 Å². The maximum absolute atomic E-state index is 13.2. The van der Waals surface area contributed by atoms with E-state index in [1.165, 1.54) is 16.0 Å². The Balaban J connectivity index is 1.70. The van der Waals surface area contributed by atoms with E-state index >= 15 is 0 Å². The van der Waals surface area contributed by atoms with E-state index in [1.54, 1.807) is 15.9 Å². The van der Waals surface area contributed by atoms with Crippen LogP contribution in [0, 0.1) is 4.77 Å². The lowest BCUT2D eigenvalue weighted by Crippen LogP contribution is -2.31. The number of hydrogen-bond acceptors (Lipinski definition) is 4. The Bertz CT molecular complexity index is 1030. The fourth-order valence-corrected chi connectivity index (χ4v) is 5.38. The summed E-state index contributed by atoms with van der Waals surface area (Å²) in [7, 11) is 0. The molecule has 136 valence electrons. The minimum Gasteiger partial charge on any atom is -0.323 e. The maximum atomic E-state index is 13.2. The predicted molar refractivity (Wildman–Crippen MR) is 111 cm³/mol. The van der Waals surface area contributed by atoms with Crippen molar-refractivity contribution < 1.29 is 0 Å². The highest BCUT2D eigenvalue weighted by Gasteiger charge is 2.23. The summed E-state index contributed by atoms with van der Waals surface area (Å²) in [5, 5.41) is 0.864. The number of benzene rings is 1. The lowest BCUT2D eigenvalue weighted by Gasteiger charge is -2.26. The largest absolute Gasteiger partial charge is 0.323 e. The quantitative estimate of drug-likeness (QED) is 0.672. The number of rotatable bonds is 5. The van der Waals surface area contributed by atoms with Crippen LogP contribution in [-0.2, 0) is 25.9 Å². The molecule has 0 fully saturated rings. The number of nitrogens with zero attached hydrogens (tertiary/aromatic N) is 2. The second-order valence-electron chi connectivity index (χ2n) is 6.86. The molecule has 6 heteroatoms. The molecule has 0 atom stereocenters. The van der Waals surface area contributed by atoms with Crippen LogP contribution in [0.2, 0.25) is 0 Å². The Morgan fingerprint density at radius 2 is 2.04 bits per heavy atom. The average molecular weight is 386 g/mol. The molecule has 4 rings (SSSR count). The molecule has 0 saturated heterocycles. The fraction of sp³-hybridized carbons (Fsp3) is 0.400. The van der Waals surface area contributed by atoms with Crippen LogP contribution in [-0.4, -0.2) is 27.5 Å². The molecule has 3 heterocycles. The first-order valence-corrected chi connectivity index (χ1v) is 10.4. The third-order valence-electron chi connectivity index (χ3n) is 5.07. The van der Waals surface area contributed by atoms with Gasteiger partial charge in [-0.15, -0.1) is 11.3 Å². The SMILES string of the molecule is CCCN1CCc2c(sc3[nH]c(=S)n(CCc4ccccc4)c(=O)c23)C1. The molecule has 26 heavy (non-hydrogen) atoms. The normalized spacial score (nSPS) is 14.7. The summed E-state index contributed by atoms with van der Waals surface area (Å²) in [6, 6.07) is 10.2. The predicted octanol–water partition coefficient (Wildman–Crippen LogP) is 4.13. The van der Waals surface area contributed by atoms with Crippen LogP contribution in [0.3, 0.4) is 0 Å². The zero-order valence-corrected chi connectivity index (χ0v) is 16.6. The zero-order valence-electron chi connectivity index (χ0n) is 15.0. The summed E-state index contributed by atoms with van der Waals surface area (Å²) in [5.74, 6) is 0. The van der Waals surface area contributed by atoms with E-state index in [1.807, 2.05) is 18.2 Å². The van der Waals surface area contributed by atoms with Crippen molar-refractivity contribution in [3.8, 4) is 0 Å². The van der Waals surface area contributed by atoms with Gasteiger partial charge in [0.1, 0.15) is 4.83 Å². The van der Waals surface area contributed by atoms with Crippen molar-refractivity contribution in [2.45, 2.75) is 39.3 Å². The standard InChI is InChI=1S/C20H23N3OS2/c1-2-10-22-11-9-15-16(13-22)26-18-17(15)19(24)23(20(25)21-18)12-8-14-6-4-3-5-7-14/h3-7H,2,8-13H2,1H3,(H,21,25). The molecule has 0 bridgehead atoms. The third kappa shape index (κ3) is 3.29. The second kappa shape index (κ2) is 7.47. The number of H-pyrrole nitrogens is 1. The van der Waals surface area contributed by atoms with E-state index in [-0.39, 0.29) is 5.56 Å². The molecule has 1 aliphatic rings. The summed E-state index contributed by atoms with van der Waals surface area (Å²) in [6.45, 7) is 5.92. The summed E-state index contributed by atoms with van der Waals surface area (Å²) in [6.07, 6.45) is 2.92. The molecular formula is C20H23N3OS2. The van der Waals surface area contributed by atoms with Crippen LogP contribution < -0.4 is 5.56 Å². The third-order valence-corrected chi connectivity index (χ3v) is 6.52. The Kier molecular flexibility index (Phi) is 5.07. The van der Waals surface area contributed by atoms with E-state index < -0.39 is 0 Å². The van der Waals surface area contributed by atoms with E-state index in [0.717, 1.165) is 49.1 Å². The number of thiophene rings is 1. The Morgan fingerprint density at radius 3 is 2.81 bits per heavy atom. The van der Waals surface area contributed by atoms with Crippen molar-refractivity contribution in [3.05, 3.63) is 61.5 Å². The lowest BCUT2D eigenvalue weighted by atomic mass is 10.1. The van der Waals surface area contributed by atoms with Crippen molar-refractivity contribution >= 4 is 33.8 Å². The molecular weight excluding hydrogens is 362 g/mol. The van der Waals surface area contributed by atoms with Gasteiger partial charge in [-0.05, 0) is 49.2 Å². The summed E-state index contributed by atoms with van der Waals surface area (Å²) in [4.78, 5) is 21.2. The topological polar surface area (TPSA) is 41.0 Å². The lowest BCUT2D eigenvalue weighted by molar-refractivity contribution is 0.258. The maximum Gasteiger partial charge on any atom is 0.263 e. The smallest absolute Gasteiger partial charge is 0.263 e. The van der Waals surface area contributed by atoms with Crippen molar-refractivity contribution in [2.75, 3.05) is 13.1 Å². The fourth-order valence-electron chi connectivity index (χ4n) is 3.76. The molecule has 3 aromatic rings. The van der Waals surface area contributed by atoms with Crippen LogP contribution >= 0.6 is 23.6 Å². The number of aromatic nitrogens is 2. The summed E-state index contributed by atoms with van der Waals surface area (Å²) < 4.78 is 2.26. The van der Waals surface area contributed by atoms with Gasteiger partial charge in [-0.3, -0.25) is 14.3 Å². The van der Waals surface area contributed by atoms with Gasteiger partial charge in [-0.25, -0.2) is 0 Å². The Labute approximate surface area is 162 Å². The van der Waals surface area contributed by atoms with Crippen molar-refractivity contribution in [3.63, 3.8) is 0 Å². The zero-order chi connectivity index (χ0) is 18.1. The van der Waals surface area contributed by atoms with Crippen LogP contribution in [0.25, 0.3) is 10.2 Å². The summed E-state index contributed by atoms with van der Waals surface area (Å²) >= 11 is 7.20. The van der Waals surface area contributed by atoms with Gasteiger partial charge in [-0.2, -0.15) is 0 Å².